The maximum absolute atomic E-state index is 6.34. The van der Waals surface area contributed by atoms with E-state index in [0.717, 1.165) is 21.9 Å². The lowest BCUT2D eigenvalue weighted by Crippen LogP contribution is -1.92. The van der Waals surface area contributed by atoms with Crippen molar-refractivity contribution in [2.24, 2.45) is 0 Å². The summed E-state index contributed by atoms with van der Waals surface area (Å²) in [6.07, 6.45) is 0. The van der Waals surface area contributed by atoms with Gasteiger partial charge in [-0.2, -0.15) is 0 Å². The van der Waals surface area contributed by atoms with E-state index in [2.05, 4.69) is 164 Å². The minimum atomic E-state index is 0.911. The van der Waals surface area contributed by atoms with Crippen molar-refractivity contribution in [1.29, 1.82) is 0 Å². The molecule has 0 aliphatic rings. The Morgan fingerprint density at radius 1 is 0.298 bits per heavy atom. The summed E-state index contributed by atoms with van der Waals surface area (Å²) >= 11 is 0. The largest absolute Gasteiger partial charge is 0.456 e. The molecule has 0 fully saturated rings. The third-order valence-electron chi connectivity index (χ3n) is 9.81. The summed E-state index contributed by atoms with van der Waals surface area (Å²) in [5, 5.41) is 12.3. The van der Waals surface area contributed by atoms with Gasteiger partial charge in [-0.05, 0) is 107 Å². The number of para-hydroxylation sites is 1. The highest BCUT2D eigenvalue weighted by molar-refractivity contribution is 6.23. The van der Waals surface area contributed by atoms with E-state index in [1.54, 1.807) is 0 Å². The number of furan rings is 1. The van der Waals surface area contributed by atoms with E-state index in [4.69, 9.17) is 4.42 Å². The first-order valence-electron chi connectivity index (χ1n) is 16.2. The molecule has 1 aromatic heterocycles. The summed E-state index contributed by atoms with van der Waals surface area (Å²) in [7, 11) is 0. The number of fused-ring (bicyclic) bond motifs is 7. The molecule has 0 atom stereocenters. The summed E-state index contributed by atoms with van der Waals surface area (Å²) < 4.78 is 6.34. The molecule has 9 aromatic carbocycles. The van der Waals surface area contributed by atoms with Gasteiger partial charge in [0.15, 0.2) is 0 Å². The maximum atomic E-state index is 6.34. The summed E-state index contributed by atoms with van der Waals surface area (Å²) in [4.78, 5) is 0. The lowest BCUT2D eigenvalue weighted by Gasteiger charge is -2.19. The second-order valence-corrected chi connectivity index (χ2v) is 12.4. The fraction of sp³-hybridized carbons (Fsp3) is 0. The first-order valence-corrected chi connectivity index (χ1v) is 16.2. The third-order valence-corrected chi connectivity index (χ3v) is 9.81. The summed E-state index contributed by atoms with van der Waals surface area (Å²) in [5.74, 6) is 0. The Morgan fingerprint density at radius 2 is 0.830 bits per heavy atom. The van der Waals surface area contributed by atoms with Crippen LogP contribution < -0.4 is 0 Å². The second-order valence-electron chi connectivity index (χ2n) is 12.4. The van der Waals surface area contributed by atoms with E-state index < -0.39 is 0 Å². The molecule has 0 aliphatic carbocycles. The molecule has 0 spiro atoms. The molecule has 0 saturated carbocycles. The van der Waals surface area contributed by atoms with Crippen molar-refractivity contribution in [2.75, 3.05) is 0 Å². The predicted octanol–water partition coefficient (Wildman–Crippen LogP) is 13.2. The van der Waals surface area contributed by atoms with Gasteiger partial charge in [0.2, 0.25) is 0 Å². The molecular weight excluding hydrogens is 569 g/mol. The van der Waals surface area contributed by atoms with Crippen LogP contribution in [0.4, 0.5) is 0 Å². The minimum absolute atomic E-state index is 0.911. The summed E-state index contributed by atoms with van der Waals surface area (Å²) in [5.41, 5.74) is 9.21. The van der Waals surface area contributed by atoms with Crippen molar-refractivity contribution in [3.05, 3.63) is 170 Å². The molecule has 0 saturated heterocycles. The van der Waals surface area contributed by atoms with E-state index >= 15 is 0 Å². The zero-order valence-corrected chi connectivity index (χ0v) is 25.6. The van der Waals surface area contributed by atoms with Crippen molar-refractivity contribution in [2.45, 2.75) is 0 Å². The Hall–Kier alpha value is -6.18. The Labute approximate surface area is 271 Å². The Kier molecular flexibility index (Phi) is 5.64. The van der Waals surface area contributed by atoms with Gasteiger partial charge in [-0.3, -0.25) is 0 Å². The SMILES string of the molecule is c1ccc2cc(-c3c4ccccc4c(-c4cc(-c5cccc6oc7ccccc7c56)c5ccccc5c4)c4ccccc34)ccc2c1. The van der Waals surface area contributed by atoms with Crippen molar-refractivity contribution >= 4 is 65.0 Å². The molecule has 218 valence electrons. The van der Waals surface area contributed by atoms with Crippen LogP contribution in [0.15, 0.2) is 174 Å². The van der Waals surface area contributed by atoms with Gasteiger partial charge >= 0.3 is 0 Å². The van der Waals surface area contributed by atoms with Crippen LogP contribution in [-0.4, -0.2) is 0 Å². The van der Waals surface area contributed by atoms with E-state index in [0.29, 0.717) is 0 Å². The highest BCUT2D eigenvalue weighted by Gasteiger charge is 2.20. The van der Waals surface area contributed by atoms with Crippen LogP contribution in [0.5, 0.6) is 0 Å². The zero-order chi connectivity index (χ0) is 30.9. The van der Waals surface area contributed by atoms with E-state index in [1.807, 2.05) is 6.07 Å². The Morgan fingerprint density at radius 3 is 1.55 bits per heavy atom. The molecule has 0 unspecified atom stereocenters. The lowest BCUT2D eigenvalue weighted by molar-refractivity contribution is 0.669. The quantitative estimate of drug-likeness (QED) is 0.185. The van der Waals surface area contributed by atoms with Gasteiger partial charge in [0.05, 0.1) is 0 Å². The normalized spacial score (nSPS) is 11.8. The standard InChI is InChI=1S/C46H28O/c1-2-13-30-26-32(25-24-29(30)12-1)44-35-16-5-7-18-37(35)45(38-19-8-6-17-36(38)44)33-27-31-14-3-4-15-34(31)41(28-33)39-21-11-23-43-46(39)40-20-9-10-22-42(40)47-43/h1-28H. The Bertz CT molecular complexity index is 2800. The monoisotopic (exact) mass is 596 g/mol. The summed E-state index contributed by atoms with van der Waals surface area (Å²) in [6.45, 7) is 0. The van der Waals surface area contributed by atoms with E-state index in [1.165, 1.54) is 76.5 Å². The van der Waals surface area contributed by atoms with E-state index in [9.17, 15) is 0 Å². The van der Waals surface area contributed by atoms with Crippen LogP contribution in [0.1, 0.15) is 0 Å². The average Bonchev–Trinajstić information content (AvgIpc) is 3.52. The van der Waals surface area contributed by atoms with Crippen molar-refractivity contribution < 1.29 is 4.42 Å². The minimum Gasteiger partial charge on any atom is -0.456 e. The van der Waals surface area contributed by atoms with Crippen molar-refractivity contribution in [3.63, 3.8) is 0 Å². The number of benzene rings is 9. The molecule has 47 heavy (non-hydrogen) atoms. The van der Waals surface area contributed by atoms with Crippen molar-refractivity contribution in [3.8, 4) is 33.4 Å². The van der Waals surface area contributed by atoms with Crippen LogP contribution in [0, 0.1) is 0 Å². The topological polar surface area (TPSA) is 13.1 Å². The summed E-state index contributed by atoms with van der Waals surface area (Å²) in [6, 6.07) is 61.7. The van der Waals surface area contributed by atoms with Gasteiger partial charge in [-0.1, -0.05) is 140 Å². The fourth-order valence-electron chi connectivity index (χ4n) is 7.77. The molecule has 0 radical (unpaired) electrons. The predicted molar refractivity (Wildman–Crippen MR) is 200 cm³/mol. The highest BCUT2D eigenvalue weighted by Crippen LogP contribution is 2.47. The smallest absolute Gasteiger partial charge is 0.136 e. The van der Waals surface area contributed by atoms with Crippen LogP contribution in [-0.2, 0) is 0 Å². The van der Waals surface area contributed by atoms with Crippen LogP contribution in [0.3, 0.4) is 0 Å². The molecule has 1 heteroatoms. The Balaban J connectivity index is 1.31. The lowest BCUT2D eigenvalue weighted by atomic mass is 9.84. The second kappa shape index (κ2) is 10.2. The zero-order valence-electron chi connectivity index (χ0n) is 25.6. The van der Waals surface area contributed by atoms with Gasteiger partial charge < -0.3 is 4.42 Å². The van der Waals surface area contributed by atoms with E-state index in [-0.39, 0.29) is 0 Å². The first-order chi connectivity index (χ1) is 23.3. The van der Waals surface area contributed by atoms with Gasteiger partial charge in [0.1, 0.15) is 11.2 Å². The van der Waals surface area contributed by atoms with Gasteiger partial charge in [0.25, 0.3) is 0 Å². The van der Waals surface area contributed by atoms with Crippen LogP contribution >= 0.6 is 0 Å². The molecule has 0 amide bonds. The molecule has 0 aliphatic heterocycles. The van der Waals surface area contributed by atoms with Crippen molar-refractivity contribution in [1.82, 2.24) is 0 Å². The molecule has 0 bridgehead atoms. The molecule has 1 heterocycles. The highest BCUT2D eigenvalue weighted by atomic mass is 16.3. The number of hydrogen-bond acceptors (Lipinski definition) is 1. The van der Waals surface area contributed by atoms with Crippen LogP contribution in [0.25, 0.3) is 98.4 Å². The molecule has 0 N–H and O–H groups in total. The third kappa shape index (κ3) is 3.97. The number of hydrogen-bond donors (Lipinski definition) is 0. The molecule has 1 nitrogen and oxygen atoms in total. The van der Waals surface area contributed by atoms with Gasteiger partial charge in [-0.25, -0.2) is 0 Å². The first kappa shape index (κ1) is 26.1. The molecule has 10 aromatic rings. The average molecular weight is 597 g/mol. The maximum Gasteiger partial charge on any atom is 0.136 e. The molecule has 10 rings (SSSR count). The number of rotatable bonds is 3. The van der Waals surface area contributed by atoms with Gasteiger partial charge in [-0.15, -0.1) is 0 Å². The van der Waals surface area contributed by atoms with Crippen LogP contribution in [0.2, 0.25) is 0 Å². The van der Waals surface area contributed by atoms with Gasteiger partial charge in [0, 0.05) is 10.8 Å². The molecular formula is C46H28O. The fourth-order valence-corrected chi connectivity index (χ4v) is 7.77.